The Labute approximate surface area is 128 Å². The molecule has 0 spiro atoms. The molecule has 0 bridgehead atoms. The molecule has 0 unspecified atom stereocenters. The number of carbonyl (C=O) groups is 1. The first-order valence-corrected chi connectivity index (χ1v) is 7.33. The maximum Gasteiger partial charge on any atom is 0.240 e. The number of nitrogens with zero attached hydrogens (tertiary/aromatic N) is 1. The quantitative estimate of drug-likeness (QED) is 0.910. The topological polar surface area (TPSA) is 32.3 Å². The van der Waals surface area contributed by atoms with E-state index < -0.39 is 0 Å². The number of fused-ring (bicyclic) bond motifs is 1. The van der Waals surface area contributed by atoms with Crippen LogP contribution in [0.5, 0.6) is 0 Å². The van der Waals surface area contributed by atoms with Crippen LogP contribution in [-0.4, -0.2) is 25.5 Å². The average Bonchev–Trinajstić information content (AvgIpc) is 3.07. The normalized spacial score (nSPS) is 17.0. The van der Waals surface area contributed by atoms with E-state index in [1.54, 1.807) is 0 Å². The number of carbonyl (C=O) groups excluding carboxylic acids is 1. The summed E-state index contributed by atoms with van der Waals surface area (Å²) in [5.74, 6) is 1.00. The molecule has 5 heteroatoms. The summed E-state index contributed by atoms with van der Waals surface area (Å²) >= 11 is 3.47. The third-order valence-corrected chi connectivity index (χ3v) is 4.14. The van der Waals surface area contributed by atoms with Crippen LogP contribution < -0.4 is 10.2 Å². The Balaban J connectivity index is 0.00000133. The van der Waals surface area contributed by atoms with E-state index in [0.29, 0.717) is 6.54 Å². The van der Waals surface area contributed by atoms with Gasteiger partial charge in [0.25, 0.3) is 0 Å². The van der Waals surface area contributed by atoms with Gasteiger partial charge in [-0.25, -0.2) is 0 Å². The van der Waals surface area contributed by atoms with Crippen molar-refractivity contribution in [1.82, 2.24) is 5.32 Å². The number of halogens is 2. The lowest BCUT2D eigenvalue weighted by molar-refractivity contribution is -0.117. The molecule has 1 aromatic rings. The van der Waals surface area contributed by atoms with E-state index in [1.165, 1.54) is 18.4 Å². The zero-order chi connectivity index (χ0) is 12.5. The summed E-state index contributed by atoms with van der Waals surface area (Å²) in [5.41, 5.74) is 2.34. The van der Waals surface area contributed by atoms with Gasteiger partial charge in [0.2, 0.25) is 5.91 Å². The first kappa shape index (κ1) is 14.8. The number of amides is 1. The summed E-state index contributed by atoms with van der Waals surface area (Å²) in [4.78, 5) is 14.1. The molecular formula is C14H18BrClN2O. The van der Waals surface area contributed by atoms with E-state index in [9.17, 15) is 4.79 Å². The fraction of sp³-hybridized carbons (Fsp3) is 0.500. The summed E-state index contributed by atoms with van der Waals surface area (Å²) in [5, 5.41) is 3.27. The lowest BCUT2D eigenvalue weighted by Crippen LogP contribution is -2.37. The van der Waals surface area contributed by atoms with E-state index in [1.807, 2.05) is 17.0 Å². The van der Waals surface area contributed by atoms with Crippen molar-refractivity contribution in [2.24, 2.45) is 5.92 Å². The van der Waals surface area contributed by atoms with Gasteiger partial charge in [-0.05, 0) is 49.4 Å². The minimum absolute atomic E-state index is 0. The number of nitrogens with one attached hydrogen (secondary N) is 1. The van der Waals surface area contributed by atoms with Crippen molar-refractivity contribution in [2.45, 2.75) is 19.3 Å². The highest BCUT2D eigenvalue weighted by molar-refractivity contribution is 9.10. The lowest BCUT2D eigenvalue weighted by Gasteiger charge is -2.17. The zero-order valence-electron chi connectivity index (χ0n) is 10.7. The van der Waals surface area contributed by atoms with Gasteiger partial charge in [-0.15, -0.1) is 12.4 Å². The molecule has 0 atom stereocenters. The van der Waals surface area contributed by atoms with Crippen molar-refractivity contribution in [3.8, 4) is 0 Å². The van der Waals surface area contributed by atoms with Crippen LogP contribution in [0.2, 0.25) is 0 Å². The summed E-state index contributed by atoms with van der Waals surface area (Å²) in [6.07, 6.45) is 3.61. The van der Waals surface area contributed by atoms with E-state index >= 15 is 0 Å². The molecule has 1 fully saturated rings. The Morgan fingerprint density at radius 3 is 2.95 bits per heavy atom. The molecular weight excluding hydrogens is 328 g/mol. The molecule has 1 aromatic carbocycles. The van der Waals surface area contributed by atoms with Crippen LogP contribution in [0.3, 0.4) is 0 Å². The maximum atomic E-state index is 12.2. The van der Waals surface area contributed by atoms with Gasteiger partial charge in [0, 0.05) is 16.7 Å². The van der Waals surface area contributed by atoms with Crippen LogP contribution in [0.4, 0.5) is 5.69 Å². The molecule has 0 radical (unpaired) electrons. The largest absolute Gasteiger partial charge is 0.311 e. The Morgan fingerprint density at radius 2 is 2.21 bits per heavy atom. The predicted molar refractivity (Wildman–Crippen MR) is 83.0 cm³/mol. The molecule has 1 saturated carbocycles. The van der Waals surface area contributed by atoms with Crippen LogP contribution in [-0.2, 0) is 11.2 Å². The van der Waals surface area contributed by atoms with Crippen molar-refractivity contribution >= 4 is 39.9 Å². The standard InChI is InChI=1S/C14H17BrN2O.ClH/c15-12-4-3-11-5-6-17(13(11)7-12)14(18)9-16-8-10-1-2-10;/h3-4,7,10,16H,1-2,5-6,8-9H2;1H. The highest BCUT2D eigenvalue weighted by Crippen LogP contribution is 2.31. The number of rotatable bonds is 4. The Morgan fingerprint density at radius 1 is 1.42 bits per heavy atom. The first-order valence-electron chi connectivity index (χ1n) is 6.53. The van der Waals surface area contributed by atoms with Gasteiger partial charge in [-0.2, -0.15) is 0 Å². The zero-order valence-corrected chi connectivity index (χ0v) is 13.1. The fourth-order valence-electron chi connectivity index (χ4n) is 2.41. The second-order valence-electron chi connectivity index (χ2n) is 5.14. The minimum atomic E-state index is 0. The molecule has 3 nitrogen and oxygen atoms in total. The van der Waals surface area contributed by atoms with E-state index in [-0.39, 0.29) is 18.3 Å². The third-order valence-electron chi connectivity index (χ3n) is 3.65. The maximum absolute atomic E-state index is 12.2. The Kier molecular flexibility index (Phi) is 4.87. The SMILES string of the molecule is Cl.O=C(CNCC1CC1)N1CCc2ccc(Br)cc21. The summed E-state index contributed by atoms with van der Waals surface area (Å²) < 4.78 is 1.03. The molecule has 104 valence electrons. The van der Waals surface area contributed by atoms with Gasteiger partial charge in [-0.3, -0.25) is 4.79 Å². The smallest absolute Gasteiger partial charge is 0.240 e. The molecule has 0 aromatic heterocycles. The monoisotopic (exact) mass is 344 g/mol. The number of benzene rings is 1. The van der Waals surface area contributed by atoms with Crippen molar-refractivity contribution in [1.29, 1.82) is 0 Å². The van der Waals surface area contributed by atoms with Crippen molar-refractivity contribution in [2.75, 3.05) is 24.5 Å². The van der Waals surface area contributed by atoms with Crippen LogP contribution in [0.1, 0.15) is 18.4 Å². The van der Waals surface area contributed by atoms with Crippen LogP contribution in [0, 0.1) is 5.92 Å². The highest BCUT2D eigenvalue weighted by Gasteiger charge is 2.25. The second-order valence-corrected chi connectivity index (χ2v) is 6.06. The van der Waals surface area contributed by atoms with Crippen molar-refractivity contribution in [3.05, 3.63) is 28.2 Å². The summed E-state index contributed by atoms with van der Waals surface area (Å²) in [6, 6.07) is 6.18. The molecule has 0 saturated heterocycles. The molecule has 2 aliphatic rings. The van der Waals surface area contributed by atoms with E-state index in [2.05, 4.69) is 27.3 Å². The van der Waals surface area contributed by atoms with Gasteiger partial charge < -0.3 is 10.2 Å². The third kappa shape index (κ3) is 3.50. The number of hydrogen-bond donors (Lipinski definition) is 1. The minimum Gasteiger partial charge on any atom is -0.311 e. The average molecular weight is 346 g/mol. The van der Waals surface area contributed by atoms with Gasteiger partial charge >= 0.3 is 0 Å². The Bertz CT molecular complexity index is 477. The molecule has 3 rings (SSSR count). The molecule has 1 amide bonds. The van der Waals surface area contributed by atoms with Gasteiger partial charge in [0.15, 0.2) is 0 Å². The predicted octanol–water partition coefficient (Wildman–Crippen LogP) is 2.76. The van der Waals surface area contributed by atoms with Gasteiger partial charge in [-0.1, -0.05) is 22.0 Å². The number of anilines is 1. The lowest BCUT2D eigenvalue weighted by atomic mass is 10.2. The molecule has 1 heterocycles. The van der Waals surface area contributed by atoms with Gasteiger partial charge in [0.1, 0.15) is 0 Å². The molecule has 1 N–H and O–H groups in total. The molecule has 1 aliphatic carbocycles. The number of hydrogen-bond acceptors (Lipinski definition) is 2. The van der Waals surface area contributed by atoms with Crippen molar-refractivity contribution < 1.29 is 4.79 Å². The van der Waals surface area contributed by atoms with Crippen molar-refractivity contribution in [3.63, 3.8) is 0 Å². The second kappa shape index (κ2) is 6.25. The van der Waals surface area contributed by atoms with Crippen LogP contribution in [0.15, 0.2) is 22.7 Å². The molecule has 1 aliphatic heterocycles. The highest BCUT2D eigenvalue weighted by atomic mass is 79.9. The van der Waals surface area contributed by atoms with Crippen LogP contribution >= 0.6 is 28.3 Å². The van der Waals surface area contributed by atoms with Crippen LogP contribution in [0.25, 0.3) is 0 Å². The van der Waals surface area contributed by atoms with E-state index in [0.717, 1.165) is 35.6 Å². The fourth-order valence-corrected chi connectivity index (χ4v) is 2.76. The van der Waals surface area contributed by atoms with E-state index in [4.69, 9.17) is 0 Å². The molecule has 19 heavy (non-hydrogen) atoms. The summed E-state index contributed by atoms with van der Waals surface area (Å²) in [6.45, 7) is 2.27. The van der Waals surface area contributed by atoms with Gasteiger partial charge in [0.05, 0.1) is 6.54 Å². The summed E-state index contributed by atoms with van der Waals surface area (Å²) in [7, 11) is 0. The Hall–Kier alpha value is -0.580. The first-order chi connectivity index (χ1) is 8.74.